The maximum Gasteiger partial charge on any atom is 4.00 e. The Kier molecular flexibility index (Phi) is 15.6. The van der Waals surface area contributed by atoms with E-state index in [2.05, 4.69) is 91.0 Å². The number of nitrogens with zero attached hydrogens (tertiary/aromatic N) is 2. The van der Waals surface area contributed by atoms with Crippen LogP contribution in [0.2, 0.25) is 0 Å². The average Bonchev–Trinajstić information content (AvgIpc) is 3.37. The van der Waals surface area contributed by atoms with E-state index in [0.29, 0.717) is 0 Å². The number of fused-ring (bicyclic) bond motifs is 1. The van der Waals surface area contributed by atoms with Gasteiger partial charge in [-0.1, -0.05) is 61.9 Å². The molecule has 0 aliphatic carbocycles. The number of thiazole rings is 1. The number of para-hydroxylation sites is 1. The van der Waals surface area contributed by atoms with Gasteiger partial charge in [-0.2, -0.15) is 73.9 Å². The standard InChI is InChI=1S/C19H21N2S.3C7H7.Zr/c1-11(2)20-19-21-18-15(7-6-8-16(18)22-19)17-13(4)9-12(3)10-14(17)5;3*1-7-5-3-2-4-6-7;/h6-11H,1-5H3;3*2-6H,1H2;/q4*-1;+4. The molecular weight excluding hydrogens is 632 g/mol. The molecule has 0 spiro atoms. The normalized spacial score (nSPS) is 9.77. The van der Waals surface area contributed by atoms with Crippen LogP contribution >= 0.6 is 11.3 Å². The summed E-state index contributed by atoms with van der Waals surface area (Å²) in [6, 6.07) is 40.8. The summed E-state index contributed by atoms with van der Waals surface area (Å²) in [6.07, 6.45) is 0. The number of hydrogen-bond acceptors (Lipinski definition) is 2. The van der Waals surface area contributed by atoms with Crippen LogP contribution in [0.4, 0.5) is 5.13 Å². The molecule has 0 N–H and O–H groups in total. The maximum absolute atomic E-state index is 4.79. The van der Waals surface area contributed by atoms with Crippen molar-refractivity contribution < 1.29 is 26.2 Å². The summed E-state index contributed by atoms with van der Waals surface area (Å²) in [7, 11) is 0. The van der Waals surface area contributed by atoms with Gasteiger partial charge >= 0.3 is 26.2 Å². The molecule has 0 bridgehead atoms. The van der Waals surface area contributed by atoms with Gasteiger partial charge in [-0.25, -0.2) is 0 Å². The molecule has 5 aromatic carbocycles. The second-order valence-corrected chi connectivity index (χ2v) is 11.6. The molecule has 6 aromatic rings. The summed E-state index contributed by atoms with van der Waals surface area (Å²) in [5.74, 6) is 0. The molecule has 0 saturated carbocycles. The van der Waals surface area contributed by atoms with Crippen molar-refractivity contribution in [1.82, 2.24) is 4.98 Å². The molecule has 6 rings (SSSR count). The van der Waals surface area contributed by atoms with Crippen molar-refractivity contribution in [3.05, 3.63) is 181 Å². The van der Waals surface area contributed by atoms with Gasteiger partial charge in [0.05, 0.1) is 0 Å². The van der Waals surface area contributed by atoms with E-state index in [0.717, 1.165) is 27.3 Å². The van der Waals surface area contributed by atoms with Crippen LogP contribution in [0.25, 0.3) is 26.7 Å². The van der Waals surface area contributed by atoms with Crippen molar-refractivity contribution in [2.75, 3.05) is 0 Å². The molecule has 0 aliphatic rings. The topological polar surface area (TPSA) is 27.0 Å². The average molecular weight is 674 g/mol. The molecule has 222 valence electrons. The molecule has 0 amide bonds. The van der Waals surface area contributed by atoms with Crippen LogP contribution < -0.4 is 0 Å². The molecule has 0 radical (unpaired) electrons. The Morgan fingerprint density at radius 2 is 1.05 bits per heavy atom. The van der Waals surface area contributed by atoms with Crippen LogP contribution in [0, 0.1) is 41.5 Å². The first-order chi connectivity index (χ1) is 20.6. The molecular formula is C40H42N2SZr. The molecule has 0 fully saturated rings. The van der Waals surface area contributed by atoms with Gasteiger partial charge in [0.15, 0.2) is 0 Å². The second-order valence-electron chi connectivity index (χ2n) is 10.6. The fraction of sp³-hybridized carbons (Fsp3) is 0.150. The minimum atomic E-state index is 0. The molecule has 0 atom stereocenters. The first-order valence-electron chi connectivity index (χ1n) is 14.4. The first kappa shape index (κ1) is 36.5. The number of aromatic nitrogens is 1. The predicted octanol–water partition coefficient (Wildman–Crippen LogP) is 11.9. The van der Waals surface area contributed by atoms with Crippen molar-refractivity contribution in [1.29, 1.82) is 0 Å². The van der Waals surface area contributed by atoms with Gasteiger partial charge in [0.2, 0.25) is 0 Å². The summed E-state index contributed by atoms with van der Waals surface area (Å²) >= 11 is 1.67. The van der Waals surface area contributed by atoms with Crippen LogP contribution in [0.15, 0.2) is 121 Å². The minimum Gasteiger partial charge on any atom is -0.454 e. The summed E-state index contributed by atoms with van der Waals surface area (Å²) < 4.78 is 1.20. The Morgan fingerprint density at radius 1 is 0.614 bits per heavy atom. The molecule has 2 nitrogen and oxygen atoms in total. The van der Waals surface area contributed by atoms with Crippen LogP contribution in [0.5, 0.6) is 0 Å². The summed E-state index contributed by atoms with van der Waals surface area (Å²) in [5, 5.41) is 5.47. The van der Waals surface area contributed by atoms with Crippen molar-refractivity contribution >= 4 is 26.7 Å². The smallest absolute Gasteiger partial charge is 0.454 e. The van der Waals surface area contributed by atoms with Crippen LogP contribution in [-0.2, 0) is 26.2 Å². The van der Waals surface area contributed by atoms with E-state index in [4.69, 9.17) is 4.98 Å². The predicted molar refractivity (Wildman–Crippen MR) is 190 cm³/mol. The number of rotatable bonds is 3. The zero-order valence-electron chi connectivity index (χ0n) is 26.5. The van der Waals surface area contributed by atoms with Gasteiger partial charge in [0.25, 0.3) is 0 Å². The van der Waals surface area contributed by atoms with Crippen LogP contribution in [-0.4, -0.2) is 11.0 Å². The fourth-order valence-electron chi connectivity index (χ4n) is 4.45. The third-order valence-electron chi connectivity index (χ3n) is 6.25. The van der Waals surface area contributed by atoms with Gasteiger partial charge in [-0.15, -0.1) is 47.7 Å². The fourth-order valence-corrected chi connectivity index (χ4v) is 5.45. The maximum atomic E-state index is 4.79. The number of hydrogen-bond donors (Lipinski definition) is 0. The van der Waals surface area contributed by atoms with Crippen molar-refractivity contribution in [2.45, 2.75) is 40.7 Å². The van der Waals surface area contributed by atoms with E-state index >= 15 is 0 Å². The van der Waals surface area contributed by atoms with Gasteiger partial charge in [-0.05, 0) is 65.8 Å². The van der Waals surface area contributed by atoms with Crippen molar-refractivity contribution in [3.8, 4) is 11.1 Å². The number of benzene rings is 5. The molecule has 4 heteroatoms. The largest absolute Gasteiger partial charge is 4.00 e. The molecule has 0 aliphatic heterocycles. The summed E-state index contributed by atoms with van der Waals surface area (Å²) in [6.45, 7) is 21.8. The van der Waals surface area contributed by atoms with Crippen LogP contribution in [0.3, 0.4) is 0 Å². The Balaban J connectivity index is 0.000000249. The van der Waals surface area contributed by atoms with E-state index < -0.39 is 0 Å². The van der Waals surface area contributed by atoms with Gasteiger partial charge in [-0.3, -0.25) is 0 Å². The second kappa shape index (κ2) is 18.8. The Labute approximate surface area is 288 Å². The van der Waals surface area contributed by atoms with E-state index in [1.54, 1.807) is 11.3 Å². The Morgan fingerprint density at radius 3 is 1.41 bits per heavy atom. The van der Waals surface area contributed by atoms with Gasteiger partial charge in [0, 0.05) is 4.70 Å². The summed E-state index contributed by atoms with van der Waals surface area (Å²) in [4.78, 5) is 4.79. The number of aryl methyl sites for hydroxylation is 3. The molecule has 1 aromatic heterocycles. The Hall–Kier alpha value is -3.72. The molecule has 0 unspecified atom stereocenters. The zero-order valence-corrected chi connectivity index (χ0v) is 29.8. The third-order valence-corrected chi connectivity index (χ3v) is 7.18. The van der Waals surface area contributed by atoms with Crippen molar-refractivity contribution in [2.24, 2.45) is 0 Å². The van der Waals surface area contributed by atoms with Crippen molar-refractivity contribution in [3.63, 3.8) is 0 Å². The molecule has 44 heavy (non-hydrogen) atoms. The monoisotopic (exact) mass is 672 g/mol. The SMILES string of the molecule is Cc1cc(C)c(-c2cccc3sc([N-]C(C)C)nc23)c(C)c1.[CH2-]c1ccccc1.[CH2-]c1ccccc1.[CH2-]c1ccccc1.[Zr+4]. The zero-order chi connectivity index (χ0) is 31.2. The van der Waals surface area contributed by atoms with Crippen LogP contribution in [0.1, 0.15) is 47.2 Å². The molecule has 0 saturated heterocycles. The van der Waals surface area contributed by atoms with Gasteiger partial charge < -0.3 is 10.3 Å². The van der Waals surface area contributed by atoms with E-state index in [-0.39, 0.29) is 32.2 Å². The quantitative estimate of drug-likeness (QED) is 0.172. The first-order valence-corrected chi connectivity index (χ1v) is 15.2. The molecule has 1 heterocycles. The van der Waals surface area contributed by atoms with E-state index in [9.17, 15) is 0 Å². The van der Waals surface area contributed by atoms with E-state index in [1.165, 1.54) is 32.5 Å². The Bertz CT molecular complexity index is 1550. The summed E-state index contributed by atoms with van der Waals surface area (Å²) in [5.41, 5.74) is 10.7. The van der Waals surface area contributed by atoms with Gasteiger partial charge in [0.1, 0.15) is 0 Å². The third kappa shape index (κ3) is 12.1. The van der Waals surface area contributed by atoms with E-state index in [1.807, 2.05) is 91.0 Å². The minimum absolute atomic E-state index is 0.